The Morgan fingerprint density at radius 3 is 2.79 bits per heavy atom. The first-order valence-corrected chi connectivity index (χ1v) is 13.8. The van der Waals surface area contributed by atoms with Crippen LogP contribution in [0.15, 0.2) is 71.1 Å². The van der Waals surface area contributed by atoms with Crippen molar-refractivity contribution in [2.45, 2.75) is 12.8 Å². The number of furan rings is 1. The van der Waals surface area contributed by atoms with Crippen molar-refractivity contribution in [1.29, 1.82) is 0 Å². The summed E-state index contributed by atoms with van der Waals surface area (Å²) in [5.41, 5.74) is 4.10. The number of rotatable bonds is 4. The zero-order valence-corrected chi connectivity index (χ0v) is 22.3. The number of thiophene rings is 1. The fraction of sp³-hybridized carbons (Fsp3) is 0.133. The lowest BCUT2D eigenvalue weighted by molar-refractivity contribution is 0.0963. The van der Waals surface area contributed by atoms with Crippen LogP contribution in [0.3, 0.4) is 0 Å². The van der Waals surface area contributed by atoms with Gasteiger partial charge in [-0.3, -0.25) is 9.59 Å². The molecule has 2 amide bonds. The van der Waals surface area contributed by atoms with E-state index in [1.54, 1.807) is 46.6 Å². The molecule has 3 N–H and O–H groups in total. The van der Waals surface area contributed by atoms with Crippen LogP contribution in [0.5, 0.6) is 5.75 Å². The van der Waals surface area contributed by atoms with Crippen molar-refractivity contribution in [2.75, 3.05) is 22.6 Å². The summed E-state index contributed by atoms with van der Waals surface area (Å²) in [6, 6.07) is 20.0. The van der Waals surface area contributed by atoms with Gasteiger partial charge in [0.15, 0.2) is 5.76 Å². The third kappa shape index (κ3) is 3.87. The van der Waals surface area contributed by atoms with Crippen LogP contribution in [0.25, 0.3) is 32.0 Å². The highest BCUT2D eigenvalue weighted by molar-refractivity contribution is 7.19. The molecule has 1 unspecified atom stereocenters. The Kier molecular flexibility index (Phi) is 5.43. The minimum atomic E-state index is -0.309. The Morgan fingerprint density at radius 1 is 1.13 bits per heavy atom. The SMILES string of the molecule is Cc1cc2c(O)cc3c(c2s1)C(CCl)CN3C(=O)c1cc2cc(NC(=O)c3cc4ccccc4[nH]3)ccc2o1. The number of fused-ring (bicyclic) bond motifs is 5. The van der Waals surface area contributed by atoms with E-state index in [9.17, 15) is 14.7 Å². The van der Waals surface area contributed by atoms with E-state index in [-0.39, 0.29) is 29.2 Å². The molecular formula is C30H22ClN3O4S. The Morgan fingerprint density at radius 2 is 1.97 bits per heavy atom. The molecule has 7 rings (SSSR count). The van der Waals surface area contributed by atoms with E-state index in [4.69, 9.17) is 16.0 Å². The molecule has 0 fully saturated rings. The van der Waals surface area contributed by atoms with Crippen LogP contribution in [0.2, 0.25) is 0 Å². The van der Waals surface area contributed by atoms with Gasteiger partial charge < -0.3 is 24.7 Å². The Bertz CT molecular complexity index is 1920. The molecule has 0 radical (unpaired) electrons. The normalized spacial score (nSPS) is 14.9. The number of aryl methyl sites for hydroxylation is 1. The fourth-order valence-corrected chi connectivity index (χ4v) is 6.81. The minimum Gasteiger partial charge on any atom is -0.507 e. The fourth-order valence-electron chi connectivity index (χ4n) is 5.41. The van der Waals surface area contributed by atoms with Crippen LogP contribution >= 0.6 is 22.9 Å². The quantitative estimate of drug-likeness (QED) is 0.198. The molecule has 1 aliphatic rings. The van der Waals surface area contributed by atoms with Crippen molar-refractivity contribution >= 4 is 78.1 Å². The Labute approximate surface area is 231 Å². The van der Waals surface area contributed by atoms with Gasteiger partial charge in [0.25, 0.3) is 11.8 Å². The van der Waals surface area contributed by atoms with Gasteiger partial charge in [0.1, 0.15) is 17.0 Å². The van der Waals surface area contributed by atoms with Crippen molar-refractivity contribution in [3.63, 3.8) is 0 Å². The smallest absolute Gasteiger partial charge is 0.294 e. The third-order valence-corrected chi connectivity index (χ3v) is 8.67. The number of para-hydroxylation sites is 1. The lowest BCUT2D eigenvalue weighted by Gasteiger charge is -2.16. The number of benzene rings is 3. The molecule has 0 saturated heterocycles. The number of hydrogen-bond acceptors (Lipinski definition) is 5. The molecule has 4 heterocycles. The van der Waals surface area contributed by atoms with Crippen LogP contribution in [-0.2, 0) is 0 Å². The van der Waals surface area contributed by atoms with E-state index in [2.05, 4.69) is 10.3 Å². The summed E-state index contributed by atoms with van der Waals surface area (Å²) in [7, 11) is 0. The summed E-state index contributed by atoms with van der Waals surface area (Å²) < 4.78 is 6.89. The Hall–Kier alpha value is -4.27. The van der Waals surface area contributed by atoms with Gasteiger partial charge in [0.05, 0.1) is 5.69 Å². The van der Waals surface area contributed by atoms with Crippen LogP contribution in [0, 0.1) is 6.92 Å². The number of hydrogen-bond donors (Lipinski definition) is 3. The maximum Gasteiger partial charge on any atom is 0.294 e. The summed E-state index contributed by atoms with van der Waals surface area (Å²) in [5.74, 6) is 0.0420. The molecule has 1 aliphatic heterocycles. The second kappa shape index (κ2) is 8.90. The summed E-state index contributed by atoms with van der Waals surface area (Å²) in [4.78, 5) is 32.4. The molecule has 0 aliphatic carbocycles. The molecule has 9 heteroatoms. The van der Waals surface area contributed by atoms with Crippen LogP contribution in [-0.4, -0.2) is 34.3 Å². The van der Waals surface area contributed by atoms with E-state index in [0.717, 1.165) is 31.4 Å². The molecule has 194 valence electrons. The van der Waals surface area contributed by atoms with Gasteiger partial charge in [-0.15, -0.1) is 22.9 Å². The number of amides is 2. The van der Waals surface area contributed by atoms with E-state index < -0.39 is 0 Å². The zero-order chi connectivity index (χ0) is 26.8. The van der Waals surface area contributed by atoms with E-state index >= 15 is 0 Å². The maximum atomic E-state index is 13.7. The van der Waals surface area contributed by atoms with Crippen molar-refractivity contribution in [3.8, 4) is 5.75 Å². The van der Waals surface area contributed by atoms with E-state index in [0.29, 0.717) is 40.5 Å². The molecule has 0 bridgehead atoms. The summed E-state index contributed by atoms with van der Waals surface area (Å²) in [6.07, 6.45) is 0. The first-order valence-electron chi connectivity index (χ1n) is 12.5. The molecule has 0 saturated carbocycles. The van der Waals surface area contributed by atoms with Gasteiger partial charge in [-0.25, -0.2) is 0 Å². The topological polar surface area (TPSA) is 98.6 Å². The van der Waals surface area contributed by atoms with Crippen LogP contribution in [0.4, 0.5) is 11.4 Å². The molecule has 0 spiro atoms. The predicted octanol–water partition coefficient (Wildman–Crippen LogP) is 7.38. The standard InChI is InChI=1S/C30H22ClN3O4S/c1-15-8-20-24(35)12-23-27(28(20)39-15)18(13-31)14-34(23)30(37)26-11-17-9-19(6-7-25(17)38-26)32-29(36)22-10-16-4-2-3-5-21(16)33-22/h2-12,18,33,35H,13-14H2,1H3,(H,32,36). The highest BCUT2D eigenvalue weighted by Crippen LogP contribution is 2.48. The number of H-pyrrole nitrogens is 1. The monoisotopic (exact) mass is 555 g/mol. The van der Waals surface area contributed by atoms with E-state index in [1.807, 2.05) is 43.3 Å². The number of halogens is 1. The van der Waals surface area contributed by atoms with Crippen LogP contribution in [0.1, 0.15) is 37.4 Å². The number of alkyl halides is 1. The molecular weight excluding hydrogens is 534 g/mol. The minimum absolute atomic E-state index is 0.0531. The maximum absolute atomic E-state index is 13.7. The number of nitrogens with zero attached hydrogens (tertiary/aromatic N) is 1. The lowest BCUT2D eigenvalue weighted by atomic mass is 10.0. The second-order valence-corrected chi connectivity index (χ2v) is 11.3. The van der Waals surface area contributed by atoms with Crippen LogP contribution < -0.4 is 10.2 Å². The van der Waals surface area contributed by atoms with Gasteiger partial charge in [-0.1, -0.05) is 18.2 Å². The highest BCUT2D eigenvalue weighted by atomic mass is 35.5. The van der Waals surface area contributed by atoms with Crippen molar-refractivity contribution in [2.24, 2.45) is 0 Å². The number of phenolic OH excluding ortho intramolecular Hbond substituents is 1. The lowest BCUT2D eigenvalue weighted by Crippen LogP contribution is -2.29. The number of phenols is 1. The average Bonchev–Trinajstić information content (AvgIpc) is 3.70. The summed E-state index contributed by atoms with van der Waals surface area (Å²) >= 11 is 7.93. The molecule has 3 aromatic carbocycles. The summed E-state index contributed by atoms with van der Waals surface area (Å²) in [6.45, 7) is 2.39. The second-order valence-electron chi connectivity index (χ2n) is 9.78. The van der Waals surface area contributed by atoms with Gasteiger partial charge >= 0.3 is 0 Å². The zero-order valence-electron chi connectivity index (χ0n) is 20.7. The van der Waals surface area contributed by atoms with Gasteiger partial charge in [0.2, 0.25) is 0 Å². The number of carbonyl (C=O) groups excluding carboxylic acids is 2. The number of carbonyl (C=O) groups is 2. The average molecular weight is 556 g/mol. The highest BCUT2D eigenvalue weighted by Gasteiger charge is 2.36. The Balaban J connectivity index is 1.18. The number of nitrogens with one attached hydrogen (secondary N) is 2. The number of aromatic amines is 1. The van der Waals surface area contributed by atoms with Crippen molar-refractivity contribution in [3.05, 3.63) is 88.6 Å². The first kappa shape index (κ1) is 23.8. The first-order chi connectivity index (χ1) is 18.9. The van der Waals surface area contributed by atoms with Crippen molar-refractivity contribution in [1.82, 2.24) is 4.98 Å². The molecule has 3 aromatic heterocycles. The van der Waals surface area contributed by atoms with Gasteiger partial charge in [-0.05, 0) is 49.4 Å². The molecule has 7 nitrogen and oxygen atoms in total. The molecule has 39 heavy (non-hydrogen) atoms. The molecule has 6 aromatic rings. The predicted molar refractivity (Wildman–Crippen MR) is 156 cm³/mol. The number of aromatic hydroxyl groups is 1. The number of aromatic nitrogens is 1. The van der Waals surface area contributed by atoms with Gasteiger partial charge in [0, 0.05) is 66.9 Å². The molecule has 1 atom stereocenters. The van der Waals surface area contributed by atoms with Crippen molar-refractivity contribution < 1.29 is 19.1 Å². The van der Waals surface area contributed by atoms with E-state index in [1.165, 1.54) is 0 Å². The summed E-state index contributed by atoms with van der Waals surface area (Å²) in [5, 5.41) is 16.0. The van der Waals surface area contributed by atoms with Gasteiger partial charge in [-0.2, -0.15) is 0 Å². The third-order valence-electron chi connectivity index (χ3n) is 7.22. The largest absolute Gasteiger partial charge is 0.507 e. The number of anilines is 2.